The predicted octanol–water partition coefficient (Wildman–Crippen LogP) is 3.31. The highest BCUT2D eigenvalue weighted by Crippen LogP contribution is 2.28. The van der Waals surface area contributed by atoms with Crippen molar-refractivity contribution in [1.82, 2.24) is 10.4 Å². The summed E-state index contributed by atoms with van der Waals surface area (Å²) in [6, 6.07) is 1.47. The van der Waals surface area contributed by atoms with Crippen molar-refractivity contribution in [3.8, 4) is 0 Å². The molecule has 0 aromatic carbocycles. The summed E-state index contributed by atoms with van der Waals surface area (Å²) in [6.45, 7) is -0.0106. The molecule has 128 valence electrons. The number of methoxy groups -OCH3 is 1. The first-order chi connectivity index (χ1) is 10.9. The third-order valence-electron chi connectivity index (χ3n) is 2.47. The molecule has 1 aromatic rings. The van der Waals surface area contributed by atoms with Crippen LogP contribution in [0.15, 0.2) is 6.07 Å². The minimum Gasteiger partial charge on any atom is -0.465 e. The van der Waals surface area contributed by atoms with Gasteiger partial charge in [0.15, 0.2) is 0 Å². The summed E-state index contributed by atoms with van der Waals surface area (Å²) >= 11 is 13.5. The van der Waals surface area contributed by atoms with Crippen LogP contribution in [-0.2, 0) is 11.2 Å². The SMILES string of the molecule is COC(=O)c1cc(Cl)c(CCN(NC(=O)SCCCl)C(=O)O)s1. The molecule has 0 radical (unpaired) electrons. The maximum atomic E-state index is 11.5. The van der Waals surface area contributed by atoms with Gasteiger partial charge in [0.05, 0.1) is 18.7 Å². The highest BCUT2D eigenvalue weighted by Gasteiger charge is 2.18. The van der Waals surface area contributed by atoms with Gasteiger partial charge in [-0.25, -0.2) is 14.6 Å². The fraction of sp³-hybridized carbons (Fsp3) is 0.417. The van der Waals surface area contributed by atoms with Gasteiger partial charge in [-0.05, 0) is 6.07 Å². The van der Waals surface area contributed by atoms with Crippen LogP contribution < -0.4 is 5.43 Å². The molecule has 7 nitrogen and oxygen atoms in total. The van der Waals surface area contributed by atoms with Gasteiger partial charge in [-0.2, -0.15) is 0 Å². The van der Waals surface area contributed by atoms with E-state index in [1.807, 2.05) is 0 Å². The predicted molar refractivity (Wildman–Crippen MR) is 90.8 cm³/mol. The number of amides is 2. The van der Waals surface area contributed by atoms with Crippen molar-refractivity contribution in [1.29, 1.82) is 0 Å². The van der Waals surface area contributed by atoms with E-state index in [0.29, 0.717) is 20.5 Å². The first kappa shape index (κ1) is 19.9. The van der Waals surface area contributed by atoms with Crippen molar-refractivity contribution in [3.63, 3.8) is 0 Å². The van der Waals surface area contributed by atoms with Crippen molar-refractivity contribution in [2.45, 2.75) is 6.42 Å². The summed E-state index contributed by atoms with van der Waals surface area (Å²) in [5.41, 5.74) is 2.25. The molecule has 0 aliphatic carbocycles. The molecule has 0 saturated carbocycles. The third kappa shape index (κ3) is 6.46. The number of nitrogens with zero attached hydrogens (tertiary/aromatic N) is 1. The monoisotopic (exact) mass is 400 g/mol. The Bertz CT molecular complexity index is 582. The van der Waals surface area contributed by atoms with Gasteiger partial charge >= 0.3 is 12.1 Å². The first-order valence-corrected chi connectivity index (χ1v) is 8.96. The lowest BCUT2D eigenvalue weighted by Crippen LogP contribution is -2.45. The highest BCUT2D eigenvalue weighted by atomic mass is 35.5. The number of carboxylic acid groups (broad SMARTS) is 1. The molecule has 0 saturated heterocycles. The lowest BCUT2D eigenvalue weighted by Gasteiger charge is -2.19. The Balaban J connectivity index is 2.65. The van der Waals surface area contributed by atoms with Gasteiger partial charge in [-0.1, -0.05) is 23.4 Å². The molecule has 2 amide bonds. The number of alkyl halides is 1. The average molecular weight is 401 g/mol. The van der Waals surface area contributed by atoms with Crippen LogP contribution in [0.25, 0.3) is 0 Å². The number of esters is 1. The zero-order valence-electron chi connectivity index (χ0n) is 12.0. The Morgan fingerprint density at radius 2 is 2.17 bits per heavy atom. The number of hydrogen-bond acceptors (Lipinski definition) is 6. The molecule has 11 heteroatoms. The van der Waals surface area contributed by atoms with Crippen molar-refractivity contribution < 1.29 is 24.2 Å². The Morgan fingerprint density at radius 1 is 1.48 bits per heavy atom. The molecular weight excluding hydrogens is 387 g/mol. The fourth-order valence-corrected chi connectivity index (χ4v) is 3.48. The zero-order valence-corrected chi connectivity index (χ0v) is 15.2. The van der Waals surface area contributed by atoms with E-state index < -0.39 is 17.3 Å². The summed E-state index contributed by atoms with van der Waals surface area (Å²) in [5.74, 6) is 0.149. The number of halogens is 2. The van der Waals surface area contributed by atoms with E-state index in [4.69, 9.17) is 28.3 Å². The second-order valence-corrected chi connectivity index (χ2v) is 6.98. The van der Waals surface area contributed by atoms with Crippen LogP contribution in [0, 0.1) is 0 Å². The van der Waals surface area contributed by atoms with Crippen molar-refractivity contribution in [3.05, 3.63) is 20.8 Å². The van der Waals surface area contributed by atoms with Crippen LogP contribution >= 0.6 is 46.3 Å². The Labute approximate surface area is 150 Å². The van der Waals surface area contributed by atoms with E-state index >= 15 is 0 Å². The van der Waals surface area contributed by atoms with Crippen LogP contribution in [-0.4, -0.2) is 52.7 Å². The van der Waals surface area contributed by atoms with Crippen LogP contribution in [0.3, 0.4) is 0 Å². The first-order valence-electron chi connectivity index (χ1n) is 6.25. The largest absolute Gasteiger partial charge is 0.465 e. The van der Waals surface area contributed by atoms with Gasteiger partial charge in [-0.3, -0.25) is 10.2 Å². The van der Waals surface area contributed by atoms with E-state index in [9.17, 15) is 14.4 Å². The molecule has 0 unspecified atom stereocenters. The van der Waals surface area contributed by atoms with Gasteiger partial charge < -0.3 is 9.84 Å². The van der Waals surface area contributed by atoms with E-state index in [-0.39, 0.29) is 18.8 Å². The molecule has 0 atom stereocenters. The number of hydrogen-bond donors (Lipinski definition) is 2. The Hall–Kier alpha value is -1.16. The smallest absolute Gasteiger partial charge is 0.426 e. The molecular formula is C12H14Cl2N2O5S2. The second-order valence-electron chi connectivity index (χ2n) is 3.99. The molecule has 2 N–H and O–H groups in total. The summed E-state index contributed by atoms with van der Waals surface area (Å²) in [7, 11) is 1.26. The van der Waals surface area contributed by atoms with Gasteiger partial charge in [0, 0.05) is 22.9 Å². The van der Waals surface area contributed by atoms with Crippen molar-refractivity contribution in [2.24, 2.45) is 0 Å². The zero-order chi connectivity index (χ0) is 17.4. The third-order valence-corrected chi connectivity index (χ3v) is 5.27. The molecule has 0 spiro atoms. The van der Waals surface area contributed by atoms with Crippen molar-refractivity contribution >= 4 is 63.6 Å². The lowest BCUT2D eigenvalue weighted by molar-refractivity contribution is 0.0606. The minimum absolute atomic E-state index is 0.0106. The molecule has 0 aliphatic heterocycles. The topological polar surface area (TPSA) is 95.9 Å². The molecule has 1 heterocycles. The van der Waals surface area contributed by atoms with E-state index in [1.54, 1.807) is 0 Å². The van der Waals surface area contributed by atoms with Crippen LogP contribution in [0.5, 0.6) is 0 Å². The van der Waals surface area contributed by atoms with E-state index in [0.717, 1.165) is 28.1 Å². The van der Waals surface area contributed by atoms with E-state index in [2.05, 4.69) is 10.2 Å². The number of rotatable bonds is 6. The summed E-state index contributed by atoms with van der Waals surface area (Å²) < 4.78 is 4.60. The molecule has 1 rings (SSSR count). The number of hydrazine groups is 1. The molecule has 23 heavy (non-hydrogen) atoms. The number of nitrogens with one attached hydrogen (secondary N) is 1. The van der Waals surface area contributed by atoms with Crippen LogP contribution in [0.1, 0.15) is 14.5 Å². The second kappa shape index (κ2) is 9.86. The minimum atomic E-state index is -1.30. The van der Waals surface area contributed by atoms with Gasteiger partial charge in [0.2, 0.25) is 0 Å². The fourth-order valence-electron chi connectivity index (χ4n) is 1.46. The molecule has 1 aromatic heterocycles. The van der Waals surface area contributed by atoms with Gasteiger partial charge in [0.1, 0.15) is 4.88 Å². The quantitative estimate of drug-likeness (QED) is 0.431. The van der Waals surface area contributed by atoms with E-state index in [1.165, 1.54) is 13.2 Å². The number of ether oxygens (including phenoxy) is 1. The van der Waals surface area contributed by atoms with Gasteiger partial charge in [-0.15, -0.1) is 22.9 Å². The summed E-state index contributed by atoms with van der Waals surface area (Å²) in [6.07, 6.45) is -1.06. The maximum absolute atomic E-state index is 11.5. The molecule has 0 aliphatic rings. The van der Waals surface area contributed by atoms with Gasteiger partial charge in [0.25, 0.3) is 5.24 Å². The lowest BCUT2D eigenvalue weighted by atomic mass is 10.3. The van der Waals surface area contributed by atoms with Crippen molar-refractivity contribution in [2.75, 3.05) is 25.3 Å². The number of thiophene rings is 1. The highest BCUT2D eigenvalue weighted by molar-refractivity contribution is 8.13. The van der Waals surface area contributed by atoms with Crippen LogP contribution in [0.2, 0.25) is 5.02 Å². The number of carbonyl (C=O) groups is 3. The Morgan fingerprint density at radius 3 is 2.74 bits per heavy atom. The normalized spacial score (nSPS) is 10.2. The number of thioether (sulfide) groups is 1. The molecule has 0 fully saturated rings. The Kier molecular flexibility index (Phi) is 8.53. The van der Waals surface area contributed by atoms with Crippen LogP contribution in [0.4, 0.5) is 9.59 Å². The molecule has 0 bridgehead atoms. The standard InChI is InChI=1S/C12H14Cl2N2O5S2/c1-21-10(17)9-6-7(14)8(23-9)2-4-16(12(19)20)15-11(18)22-5-3-13/h6H,2-5H2,1H3,(H,15,18)(H,19,20). The maximum Gasteiger partial charge on any atom is 0.426 e. The summed E-state index contributed by atoms with van der Waals surface area (Å²) in [5, 5.41) is 9.70. The summed E-state index contributed by atoms with van der Waals surface area (Å²) in [4.78, 5) is 35.1. The number of carbonyl (C=O) groups excluding carboxylic acids is 2. The average Bonchev–Trinajstić information content (AvgIpc) is 2.89.